The molecule has 1 unspecified atom stereocenters. The molecule has 3 heterocycles. The number of rotatable bonds is 6. The zero-order valence-electron chi connectivity index (χ0n) is 16.9. The van der Waals surface area contributed by atoms with E-state index in [2.05, 4.69) is 24.3 Å². The normalized spacial score (nSPS) is 15.8. The van der Waals surface area contributed by atoms with Gasteiger partial charge in [0.15, 0.2) is 10.8 Å². The van der Waals surface area contributed by atoms with Gasteiger partial charge in [-0.2, -0.15) is 5.10 Å². The van der Waals surface area contributed by atoms with Crippen LogP contribution in [0, 0.1) is 12.8 Å². The van der Waals surface area contributed by atoms with Gasteiger partial charge in [0.1, 0.15) is 5.39 Å². The summed E-state index contributed by atoms with van der Waals surface area (Å²) in [7, 11) is 0. The summed E-state index contributed by atoms with van der Waals surface area (Å²) >= 11 is 1.52. The molecule has 7 nitrogen and oxygen atoms in total. The molecule has 8 heteroatoms. The fraction of sp³-hybridized carbons (Fsp3) is 0.429. The van der Waals surface area contributed by atoms with E-state index in [4.69, 9.17) is 4.98 Å². The molecule has 1 amide bonds. The molecule has 0 saturated heterocycles. The first kappa shape index (κ1) is 19.7. The maximum Gasteiger partial charge on any atom is 0.265 e. The quantitative estimate of drug-likeness (QED) is 0.631. The monoisotopic (exact) mass is 411 g/mol. The molecule has 0 radical (unpaired) electrons. The maximum absolute atomic E-state index is 13.2. The van der Waals surface area contributed by atoms with Crippen molar-refractivity contribution in [1.29, 1.82) is 0 Å². The molecule has 3 aromatic rings. The first-order valence-electron chi connectivity index (χ1n) is 9.91. The number of nitrogens with zero attached hydrogens (tertiary/aromatic N) is 4. The van der Waals surface area contributed by atoms with Crippen LogP contribution in [0.15, 0.2) is 40.4 Å². The van der Waals surface area contributed by atoms with Gasteiger partial charge in [0.2, 0.25) is 5.91 Å². The molecule has 0 fully saturated rings. The molecule has 4 rings (SSSR count). The standard InChI is InChI=1S/C21H25N5O2S/c1-13(2)8-9-22-18(27)10-15-12-29-21-24-19-16(20(28)25(15)21)11-23-26(19)17-7-5-4-6-14(17)3/h4-7,11,13,15H,8-10,12H2,1-3H3,(H,22,27). The minimum absolute atomic E-state index is 0.0216. The summed E-state index contributed by atoms with van der Waals surface area (Å²) in [6.45, 7) is 6.93. The summed E-state index contributed by atoms with van der Waals surface area (Å²) < 4.78 is 3.39. The molecule has 29 heavy (non-hydrogen) atoms. The van der Waals surface area contributed by atoms with Crippen LogP contribution in [0.2, 0.25) is 0 Å². The van der Waals surface area contributed by atoms with Crippen LogP contribution in [0.4, 0.5) is 0 Å². The number of para-hydroxylation sites is 1. The third-order valence-corrected chi connectivity index (χ3v) is 6.28. The van der Waals surface area contributed by atoms with Gasteiger partial charge in [0.25, 0.3) is 5.56 Å². The van der Waals surface area contributed by atoms with Crippen LogP contribution in [0.5, 0.6) is 0 Å². The van der Waals surface area contributed by atoms with E-state index in [0.29, 0.717) is 34.4 Å². The van der Waals surface area contributed by atoms with E-state index in [-0.39, 0.29) is 23.9 Å². The highest BCUT2D eigenvalue weighted by atomic mass is 32.2. The van der Waals surface area contributed by atoms with Gasteiger partial charge in [-0.05, 0) is 30.9 Å². The van der Waals surface area contributed by atoms with E-state index >= 15 is 0 Å². The minimum atomic E-state index is -0.180. The Morgan fingerprint density at radius 2 is 2.14 bits per heavy atom. The number of fused-ring (bicyclic) bond motifs is 2. The lowest BCUT2D eigenvalue weighted by molar-refractivity contribution is -0.121. The van der Waals surface area contributed by atoms with E-state index in [9.17, 15) is 9.59 Å². The second-order valence-electron chi connectivity index (χ2n) is 7.85. The Labute approximate surface area is 173 Å². The summed E-state index contributed by atoms with van der Waals surface area (Å²) in [5, 5.41) is 8.51. The number of thioether (sulfide) groups is 1. The molecular weight excluding hydrogens is 386 g/mol. The zero-order chi connectivity index (χ0) is 20.5. The molecule has 1 atom stereocenters. The fourth-order valence-corrected chi connectivity index (χ4v) is 4.68. The van der Waals surface area contributed by atoms with Crippen LogP contribution < -0.4 is 10.9 Å². The van der Waals surface area contributed by atoms with Crippen molar-refractivity contribution in [1.82, 2.24) is 24.6 Å². The van der Waals surface area contributed by atoms with Crippen molar-refractivity contribution in [2.75, 3.05) is 12.3 Å². The highest BCUT2D eigenvalue weighted by Crippen LogP contribution is 2.33. The highest BCUT2D eigenvalue weighted by molar-refractivity contribution is 7.99. The number of hydrogen-bond acceptors (Lipinski definition) is 5. The molecule has 0 aliphatic carbocycles. The van der Waals surface area contributed by atoms with Crippen LogP contribution in [0.3, 0.4) is 0 Å². The maximum atomic E-state index is 13.2. The molecule has 0 spiro atoms. The van der Waals surface area contributed by atoms with Crippen LogP contribution in [-0.4, -0.2) is 37.5 Å². The zero-order valence-corrected chi connectivity index (χ0v) is 17.7. The van der Waals surface area contributed by atoms with Gasteiger partial charge in [-0.1, -0.05) is 43.8 Å². The van der Waals surface area contributed by atoms with Gasteiger partial charge in [-0.25, -0.2) is 9.67 Å². The van der Waals surface area contributed by atoms with Crippen molar-refractivity contribution in [3.05, 3.63) is 46.4 Å². The molecular formula is C21H25N5O2S. The number of carbonyl (C=O) groups excluding carboxylic acids is 1. The van der Waals surface area contributed by atoms with Gasteiger partial charge < -0.3 is 5.32 Å². The number of benzene rings is 1. The van der Waals surface area contributed by atoms with Crippen molar-refractivity contribution in [2.24, 2.45) is 5.92 Å². The van der Waals surface area contributed by atoms with Gasteiger partial charge in [0.05, 0.1) is 17.9 Å². The summed E-state index contributed by atoms with van der Waals surface area (Å²) in [6, 6.07) is 7.70. The van der Waals surface area contributed by atoms with Crippen molar-refractivity contribution in [2.45, 2.75) is 44.8 Å². The Kier molecular flexibility index (Phi) is 5.45. The van der Waals surface area contributed by atoms with E-state index in [1.165, 1.54) is 11.8 Å². The SMILES string of the molecule is Cc1ccccc1-n1ncc2c(=O)n3c(nc21)SCC3CC(=O)NCCC(C)C. The third-order valence-electron chi connectivity index (χ3n) is 5.18. The van der Waals surface area contributed by atoms with Crippen molar-refractivity contribution in [3.8, 4) is 5.69 Å². The highest BCUT2D eigenvalue weighted by Gasteiger charge is 2.29. The predicted molar refractivity (Wildman–Crippen MR) is 115 cm³/mol. The second-order valence-corrected chi connectivity index (χ2v) is 8.84. The Bertz CT molecular complexity index is 1120. The lowest BCUT2D eigenvalue weighted by atomic mass is 10.1. The lowest BCUT2D eigenvalue weighted by Gasteiger charge is -2.14. The number of amides is 1. The Hall–Kier alpha value is -2.61. The fourth-order valence-electron chi connectivity index (χ4n) is 3.54. The summed E-state index contributed by atoms with van der Waals surface area (Å²) in [6.07, 6.45) is 2.81. The number of hydrogen-bond donors (Lipinski definition) is 1. The number of nitrogens with one attached hydrogen (secondary N) is 1. The largest absolute Gasteiger partial charge is 0.356 e. The topological polar surface area (TPSA) is 81.8 Å². The molecule has 1 aliphatic rings. The third kappa shape index (κ3) is 3.81. The first-order chi connectivity index (χ1) is 14.0. The van der Waals surface area contributed by atoms with Gasteiger partial charge in [-0.3, -0.25) is 14.2 Å². The molecule has 1 N–H and O–H groups in total. The average molecular weight is 412 g/mol. The van der Waals surface area contributed by atoms with Crippen LogP contribution in [0.1, 0.15) is 38.3 Å². The lowest BCUT2D eigenvalue weighted by Crippen LogP contribution is -2.31. The molecule has 1 aromatic carbocycles. The average Bonchev–Trinajstić information content (AvgIpc) is 3.27. The van der Waals surface area contributed by atoms with Crippen molar-refractivity contribution >= 4 is 28.7 Å². The second kappa shape index (κ2) is 8.02. The predicted octanol–water partition coefficient (Wildman–Crippen LogP) is 3.09. The summed E-state index contributed by atoms with van der Waals surface area (Å²) in [5.41, 5.74) is 2.40. The Balaban J connectivity index is 1.63. The Morgan fingerprint density at radius 1 is 1.34 bits per heavy atom. The molecule has 0 bridgehead atoms. The first-order valence-corrected chi connectivity index (χ1v) is 10.9. The van der Waals surface area contributed by atoms with E-state index < -0.39 is 0 Å². The smallest absolute Gasteiger partial charge is 0.265 e. The van der Waals surface area contributed by atoms with Crippen LogP contribution in [0.25, 0.3) is 16.7 Å². The van der Waals surface area contributed by atoms with E-state index in [0.717, 1.165) is 17.7 Å². The number of aryl methyl sites for hydroxylation is 1. The summed E-state index contributed by atoms with van der Waals surface area (Å²) in [5.74, 6) is 1.19. The van der Waals surface area contributed by atoms with E-state index in [1.807, 2.05) is 31.2 Å². The number of carbonyl (C=O) groups is 1. The number of aromatic nitrogens is 4. The molecule has 2 aromatic heterocycles. The van der Waals surface area contributed by atoms with Gasteiger partial charge >= 0.3 is 0 Å². The van der Waals surface area contributed by atoms with Crippen molar-refractivity contribution < 1.29 is 4.79 Å². The molecule has 0 saturated carbocycles. The van der Waals surface area contributed by atoms with E-state index in [1.54, 1.807) is 15.4 Å². The van der Waals surface area contributed by atoms with Crippen LogP contribution in [-0.2, 0) is 4.79 Å². The summed E-state index contributed by atoms with van der Waals surface area (Å²) in [4.78, 5) is 30.2. The van der Waals surface area contributed by atoms with Gasteiger partial charge in [0, 0.05) is 18.7 Å². The molecule has 1 aliphatic heterocycles. The van der Waals surface area contributed by atoms with Gasteiger partial charge in [-0.15, -0.1) is 0 Å². The Morgan fingerprint density at radius 3 is 2.90 bits per heavy atom. The molecule has 152 valence electrons. The van der Waals surface area contributed by atoms with Crippen LogP contribution >= 0.6 is 11.8 Å². The minimum Gasteiger partial charge on any atom is -0.356 e. The van der Waals surface area contributed by atoms with Crippen molar-refractivity contribution in [3.63, 3.8) is 0 Å².